The van der Waals surface area contributed by atoms with Crippen LogP contribution in [0.15, 0.2) is 18.2 Å². The van der Waals surface area contributed by atoms with Gasteiger partial charge in [0.1, 0.15) is 18.2 Å². The fourth-order valence-electron chi connectivity index (χ4n) is 2.31. The van der Waals surface area contributed by atoms with Crippen LogP contribution in [0.2, 0.25) is 5.02 Å². The molecule has 0 aromatic heterocycles. The number of ether oxygens (including phenoxy) is 1. The highest BCUT2D eigenvalue weighted by molar-refractivity contribution is 6.30. The summed E-state index contributed by atoms with van der Waals surface area (Å²) in [7, 11) is 0. The molecule has 4 nitrogen and oxygen atoms in total. The van der Waals surface area contributed by atoms with Gasteiger partial charge in [0.05, 0.1) is 5.56 Å². The van der Waals surface area contributed by atoms with Crippen LogP contribution in [0.1, 0.15) is 24.8 Å². The van der Waals surface area contributed by atoms with Crippen molar-refractivity contribution in [2.45, 2.75) is 19.3 Å². The molecule has 2 rings (SSSR count). The van der Waals surface area contributed by atoms with Crippen LogP contribution in [0.5, 0.6) is 5.75 Å². The molecular weight excluding hydrogens is 262 g/mol. The van der Waals surface area contributed by atoms with E-state index in [0.717, 1.165) is 19.6 Å². The minimum absolute atomic E-state index is 0.00430. The summed E-state index contributed by atoms with van der Waals surface area (Å²) in [5.74, 6) is 0.599. The van der Waals surface area contributed by atoms with Crippen LogP contribution in [0.4, 0.5) is 0 Å². The Labute approximate surface area is 119 Å². The first kappa shape index (κ1) is 14.2. The lowest BCUT2D eigenvalue weighted by Gasteiger charge is -2.26. The van der Waals surface area contributed by atoms with E-state index in [1.54, 1.807) is 18.2 Å². The summed E-state index contributed by atoms with van der Waals surface area (Å²) < 4.78 is 5.74. The first-order valence-corrected chi connectivity index (χ1v) is 7.04. The Bertz CT molecular complexity index is 444. The highest BCUT2D eigenvalue weighted by Gasteiger charge is 2.11. The van der Waals surface area contributed by atoms with E-state index >= 15 is 0 Å². The number of rotatable bonds is 5. The number of piperidine rings is 1. The monoisotopic (exact) mass is 281 g/mol. The van der Waals surface area contributed by atoms with Crippen molar-refractivity contribution in [3.8, 4) is 5.75 Å². The Hall–Kier alpha value is -1.26. The fourth-order valence-corrected chi connectivity index (χ4v) is 2.47. The van der Waals surface area contributed by atoms with Gasteiger partial charge in [0, 0.05) is 11.6 Å². The Balaban J connectivity index is 1.91. The molecule has 1 fully saturated rings. The van der Waals surface area contributed by atoms with Gasteiger partial charge < -0.3 is 10.5 Å². The van der Waals surface area contributed by atoms with Crippen molar-refractivity contribution in [1.82, 2.24) is 4.90 Å². The zero-order valence-corrected chi connectivity index (χ0v) is 11.7. The third-order valence-electron chi connectivity index (χ3n) is 3.35. The highest BCUT2D eigenvalue weighted by Crippen LogP contribution is 2.23. The number of hydrogen-bond donors (Lipinski definition) is 2. The summed E-state index contributed by atoms with van der Waals surface area (Å²) in [4.78, 5) is 2.40. The molecule has 0 radical (unpaired) electrons. The normalized spacial score (nSPS) is 16.3. The van der Waals surface area contributed by atoms with Crippen LogP contribution in [0, 0.1) is 5.41 Å². The van der Waals surface area contributed by atoms with E-state index in [2.05, 4.69) is 4.90 Å². The lowest BCUT2D eigenvalue weighted by Crippen LogP contribution is -2.33. The number of nitrogens with zero attached hydrogens (tertiary/aromatic N) is 1. The molecular formula is C14H20ClN3O. The van der Waals surface area contributed by atoms with Gasteiger partial charge in [0.25, 0.3) is 0 Å². The lowest BCUT2D eigenvalue weighted by molar-refractivity contribution is 0.183. The standard InChI is InChI=1S/C14H20ClN3O/c15-11-4-5-12(14(16)17)13(10-11)19-9-8-18-6-2-1-3-7-18/h4-5,10H,1-3,6-9H2,(H3,16,17). The van der Waals surface area contributed by atoms with Crippen molar-refractivity contribution < 1.29 is 4.74 Å². The summed E-state index contributed by atoms with van der Waals surface area (Å²) in [6, 6.07) is 5.16. The van der Waals surface area contributed by atoms with Crippen LogP contribution in [0.25, 0.3) is 0 Å². The predicted molar refractivity (Wildman–Crippen MR) is 78.3 cm³/mol. The number of likely N-dealkylation sites (tertiary alicyclic amines) is 1. The average Bonchev–Trinajstić information content (AvgIpc) is 2.39. The second-order valence-electron chi connectivity index (χ2n) is 4.80. The number of benzene rings is 1. The van der Waals surface area contributed by atoms with Crippen LogP contribution < -0.4 is 10.5 Å². The van der Waals surface area contributed by atoms with E-state index in [1.165, 1.54) is 19.3 Å². The fraction of sp³-hybridized carbons (Fsp3) is 0.500. The average molecular weight is 282 g/mol. The number of nitrogens with one attached hydrogen (secondary N) is 1. The number of hydrogen-bond acceptors (Lipinski definition) is 3. The molecule has 19 heavy (non-hydrogen) atoms. The Morgan fingerprint density at radius 1 is 1.32 bits per heavy atom. The van der Waals surface area contributed by atoms with Gasteiger partial charge >= 0.3 is 0 Å². The Kier molecular flexibility index (Phi) is 5.05. The maximum absolute atomic E-state index is 7.52. The summed E-state index contributed by atoms with van der Waals surface area (Å²) in [6.45, 7) is 3.81. The van der Waals surface area contributed by atoms with Crippen molar-refractivity contribution >= 4 is 17.4 Å². The van der Waals surface area contributed by atoms with Gasteiger partial charge in [-0.2, -0.15) is 0 Å². The van der Waals surface area contributed by atoms with Crippen LogP contribution in [0.3, 0.4) is 0 Å². The molecule has 0 spiro atoms. The quantitative estimate of drug-likeness (QED) is 0.644. The highest BCUT2D eigenvalue weighted by atomic mass is 35.5. The zero-order chi connectivity index (χ0) is 13.7. The van der Waals surface area contributed by atoms with E-state index in [1.807, 2.05) is 0 Å². The largest absolute Gasteiger partial charge is 0.491 e. The van der Waals surface area contributed by atoms with Gasteiger partial charge in [-0.1, -0.05) is 18.0 Å². The van der Waals surface area contributed by atoms with E-state index in [9.17, 15) is 0 Å². The van der Waals surface area contributed by atoms with E-state index < -0.39 is 0 Å². The smallest absolute Gasteiger partial charge is 0.131 e. The molecule has 0 saturated carbocycles. The lowest BCUT2D eigenvalue weighted by atomic mass is 10.1. The summed E-state index contributed by atoms with van der Waals surface area (Å²) in [6.07, 6.45) is 3.88. The van der Waals surface area contributed by atoms with Gasteiger partial charge in [-0.3, -0.25) is 10.3 Å². The molecule has 0 bridgehead atoms. The third kappa shape index (κ3) is 4.11. The topological polar surface area (TPSA) is 62.3 Å². The first-order valence-electron chi connectivity index (χ1n) is 6.66. The predicted octanol–water partition coefficient (Wildman–Crippen LogP) is 2.49. The molecule has 1 aromatic rings. The Morgan fingerprint density at radius 2 is 2.05 bits per heavy atom. The molecule has 1 aliphatic rings. The third-order valence-corrected chi connectivity index (χ3v) is 3.58. The van der Waals surface area contributed by atoms with Gasteiger partial charge in [-0.25, -0.2) is 0 Å². The van der Waals surface area contributed by atoms with Gasteiger partial charge in [-0.05, 0) is 44.1 Å². The van der Waals surface area contributed by atoms with Gasteiger partial charge in [0.15, 0.2) is 0 Å². The van der Waals surface area contributed by atoms with Crippen molar-refractivity contribution in [2.75, 3.05) is 26.2 Å². The molecule has 3 N–H and O–H groups in total. The van der Waals surface area contributed by atoms with Gasteiger partial charge in [-0.15, -0.1) is 0 Å². The summed E-state index contributed by atoms with van der Waals surface area (Å²) in [5, 5.41) is 8.12. The van der Waals surface area contributed by atoms with Crippen molar-refractivity contribution in [3.05, 3.63) is 28.8 Å². The Morgan fingerprint density at radius 3 is 2.74 bits per heavy atom. The molecule has 1 heterocycles. The molecule has 5 heteroatoms. The number of halogens is 1. The van der Waals surface area contributed by atoms with Crippen molar-refractivity contribution in [3.63, 3.8) is 0 Å². The molecule has 0 unspecified atom stereocenters. The molecule has 0 aliphatic carbocycles. The van der Waals surface area contributed by atoms with E-state index in [0.29, 0.717) is 22.9 Å². The van der Waals surface area contributed by atoms with Crippen LogP contribution >= 0.6 is 11.6 Å². The van der Waals surface area contributed by atoms with Crippen LogP contribution in [-0.2, 0) is 0 Å². The molecule has 1 saturated heterocycles. The molecule has 0 amide bonds. The van der Waals surface area contributed by atoms with Crippen molar-refractivity contribution in [2.24, 2.45) is 5.73 Å². The minimum atomic E-state index is 0.00430. The number of nitrogens with two attached hydrogens (primary N) is 1. The summed E-state index contributed by atoms with van der Waals surface area (Å²) in [5.41, 5.74) is 6.13. The minimum Gasteiger partial charge on any atom is -0.491 e. The second kappa shape index (κ2) is 6.78. The van der Waals surface area contributed by atoms with E-state index in [-0.39, 0.29) is 5.84 Å². The van der Waals surface area contributed by atoms with Crippen molar-refractivity contribution in [1.29, 1.82) is 5.41 Å². The zero-order valence-electron chi connectivity index (χ0n) is 11.0. The maximum atomic E-state index is 7.52. The number of nitrogen functional groups attached to an aromatic ring is 1. The second-order valence-corrected chi connectivity index (χ2v) is 5.24. The van der Waals surface area contributed by atoms with E-state index in [4.69, 9.17) is 27.5 Å². The van der Waals surface area contributed by atoms with Crippen LogP contribution in [-0.4, -0.2) is 37.0 Å². The molecule has 0 atom stereocenters. The number of amidine groups is 1. The maximum Gasteiger partial charge on any atom is 0.131 e. The molecule has 1 aromatic carbocycles. The first-order chi connectivity index (χ1) is 9.16. The van der Waals surface area contributed by atoms with Gasteiger partial charge in [0.2, 0.25) is 0 Å². The molecule has 1 aliphatic heterocycles. The SMILES string of the molecule is N=C(N)c1ccc(Cl)cc1OCCN1CCCCC1. The molecule has 104 valence electrons. The summed E-state index contributed by atoms with van der Waals surface area (Å²) >= 11 is 5.95.